The van der Waals surface area contributed by atoms with Crippen LogP contribution in [0, 0.1) is 5.92 Å². The van der Waals surface area contributed by atoms with Gasteiger partial charge in [0, 0.05) is 5.92 Å². The Morgan fingerprint density at radius 1 is 1.24 bits per heavy atom. The first-order valence-electron chi connectivity index (χ1n) is 4.74. The lowest BCUT2D eigenvalue weighted by molar-refractivity contribution is -0.153. The van der Waals surface area contributed by atoms with E-state index in [9.17, 15) is 18.4 Å². The second-order valence-electron chi connectivity index (χ2n) is 3.21. The number of rotatable bonds is 6. The molecule has 1 amide bonds. The van der Waals surface area contributed by atoms with Crippen LogP contribution in [0.1, 0.15) is 6.92 Å². The van der Waals surface area contributed by atoms with Gasteiger partial charge in [-0.2, -0.15) is 8.78 Å². The van der Waals surface area contributed by atoms with Crippen LogP contribution in [0.2, 0.25) is 0 Å². The highest BCUT2D eigenvalue weighted by molar-refractivity contribution is 5.81. The first-order chi connectivity index (χ1) is 7.92. The van der Waals surface area contributed by atoms with Crippen LogP contribution in [0.5, 0.6) is 0 Å². The fraction of sp³-hybridized carbons (Fsp3) is 0.778. The van der Waals surface area contributed by atoms with Crippen LogP contribution in [0.3, 0.4) is 0 Å². The average Bonchev–Trinajstić information content (AvgIpc) is 2.31. The highest BCUT2D eigenvalue weighted by atomic mass is 19.3. The average molecular weight is 255 g/mol. The highest BCUT2D eigenvalue weighted by Gasteiger charge is 2.28. The third-order valence-corrected chi connectivity index (χ3v) is 1.97. The molecule has 0 aromatic carbocycles. The summed E-state index contributed by atoms with van der Waals surface area (Å²) in [7, 11) is 2.24. The Kier molecular flexibility index (Phi) is 7.11. The summed E-state index contributed by atoms with van der Waals surface area (Å²) in [5, 5.41) is 2.18. The number of esters is 1. The van der Waals surface area contributed by atoms with Gasteiger partial charge < -0.3 is 19.5 Å². The first kappa shape index (κ1) is 15.6. The molecule has 2 unspecified atom stereocenters. The smallest absolute Gasteiger partial charge is 0.407 e. The zero-order valence-corrected chi connectivity index (χ0v) is 9.74. The van der Waals surface area contributed by atoms with Crippen LogP contribution >= 0.6 is 0 Å². The minimum atomic E-state index is -2.94. The van der Waals surface area contributed by atoms with E-state index in [1.807, 2.05) is 0 Å². The normalized spacial score (nSPS) is 14.0. The number of amides is 1. The molecule has 100 valence electrons. The molecule has 6 nitrogen and oxygen atoms in total. The van der Waals surface area contributed by atoms with Crippen molar-refractivity contribution in [3.05, 3.63) is 0 Å². The highest BCUT2D eigenvalue weighted by Crippen LogP contribution is 2.08. The van der Waals surface area contributed by atoms with Gasteiger partial charge in [0.15, 0.2) is 0 Å². The zero-order chi connectivity index (χ0) is 13.4. The molecule has 0 radical (unpaired) electrons. The summed E-state index contributed by atoms with van der Waals surface area (Å²) in [6, 6.07) is -1.11. The van der Waals surface area contributed by atoms with Gasteiger partial charge in [0.05, 0.1) is 20.8 Å². The van der Waals surface area contributed by atoms with E-state index in [1.165, 1.54) is 6.92 Å². The Labute approximate surface area is 97.2 Å². The third-order valence-electron chi connectivity index (χ3n) is 1.97. The number of ether oxygens (including phenoxy) is 3. The molecular formula is C9H15F2NO5. The molecule has 2 atom stereocenters. The largest absolute Gasteiger partial charge is 0.467 e. The zero-order valence-electron chi connectivity index (χ0n) is 9.74. The van der Waals surface area contributed by atoms with Crippen LogP contribution in [0.15, 0.2) is 0 Å². The number of hydrogen-bond acceptors (Lipinski definition) is 5. The summed E-state index contributed by atoms with van der Waals surface area (Å²) in [6.45, 7) is -1.88. The van der Waals surface area contributed by atoms with Crippen LogP contribution in [-0.2, 0) is 19.0 Å². The molecule has 0 spiro atoms. The van der Waals surface area contributed by atoms with Gasteiger partial charge in [-0.1, -0.05) is 6.92 Å². The van der Waals surface area contributed by atoms with E-state index in [1.54, 1.807) is 0 Å². The quantitative estimate of drug-likeness (QED) is 0.709. The van der Waals surface area contributed by atoms with Crippen molar-refractivity contribution in [1.82, 2.24) is 5.32 Å². The molecule has 0 heterocycles. The maximum absolute atomic E-state index is 11.8. The van der Waals surface area contributed by atoms with E-state index < -0.39 is 37.2 Å². The first-order valence-corrected chi connectivity index (χ1v) is 4.74. The number of alkyl halides is 2. The molecule has 0 aromatic rings. The predicted octanol–water partition coefficient (Wildman–Crippen LogP) is 0.759. The van der Waals surface area contributed by atoms with Crippen molar-refractivity contribution in [2.24, 2.45) is 5.92 Å². The Morgan fingerprint density at radius 3 is 2.24 bits per heavy atom. The van der Waals surface area contributed by atoms with Crippen LogP contribution in [0.25, 0.3) is 0 Å². The number of halogens is 2. The Morgan fingerprint density at radius 2 is 1.82 bits per heavy atom. The number of hydrogen-bond donors (Lipinski definition) is 1. The molecule has 0 aromatic heterocycles. The SMILES string of the molecule is COC(=O)NC(C(=O)OC)C(C)COC(F)F. The molecule has 8 heteroatoms. The Balaban J connectivity index is 4.45. The summed E-state index contributed by atoms with van der Waals surface area (Å²) >= 11 is 0. The van der Waals surface area contributed by atoms with Gasteiger partial charge in [-0.25, -0.2) is 9.59 Å². The molecule has 0 saturated heterocycles. The fourth-order valence-electron chi connectivity index (χ4n) is 1.07. The third kappa shape index (κ3) is 6.00. The maximum atomic E-state index is 11.8. The lowest BCUT2D eigenvalue weighted by atomic mass is 10.0. The van der Waals surface area contributed by atoms with E-state index in [0.29, 0.717) is 0 Å². The van der Waals surface area contributed by atoms with E-state index >= 15 is 0 Å². The molecule has 0 aliphatic heterocycles. The maximum Gasteiger partial charge on any atom is 0.407 e. The summed E-state index contributed by atoms with van der Waals surface area (Å²) < 4.78 is 36.4. The molecule has 0 bridgehead atoms. The molecule has 0 saturated carbocycles. The molecule has 0 fully saturated rings. The Hall–Kier alpha value is -1.44. The molecule has 0 aliphatic rings. The molecule has 1 N–H and O–H groups in total. The number of alkyl carbamates (subject to hydrolysis) is 1. The number of methoxy groups -OCH3 is 2. The van der Waals surface area contributed by atoms with Crippen LogP contribution < -0.4 is 5.32 Å². The van der Waals surface area contributed by atoms with Gasteiger partial charge >= 0.3 is 18.7 Å². The van der Waals surface area contributed by atoms with E-state index in [2.05, 4.69) is 19.5 Å². The summed E-state index contributed by atoms with van der Waals surface area (Å²) in [4.78, 5) is 22.3. The molecule has 0 aliphatic carbocycles. The summed E-state index contributed by atoms with van der Waals surface area (Å²) in [5.74, 6) is -1.45. The lowest BCUT2D eigenvalue weighted by Crippen LogP contribution is -2.47. The second kappa shape index (κ2) is 7.77. The monoisotopic (exact) mass is 255 g/mol. The van der Waals surface area contributed by atoms with E-state index in [0.717, 1.165) is 14.2 Å². The van der Waals surface area contributed by atoms with Gasteiger partial charge in [0.1, 0.15) is 6.04 Å². The minimum absolute atomic E-state index is 0.401. The predicted molar refractivity (Wildman–Crippen MR) is 52.5 cm³/mol. The van der Waals surface area contributed by atoms with E-state index in [-0.39, 0.29) is 0 Å². The van der Waals surface area contributed by atoms with Crippen molar-refractivity contribution in [3.63, 3.8) is 0 Å². The van der Waals surface area contributed by atoms with Crippen molar-refractivity contribution in [1.29, 1.82) is 0 Å². The van der Waals surface area contributed by atoms with Crippen molar-refractivity contribution in [3.8, 4) is 0 Å². The minimum Gasteiger partial charge on any atom is -0.467 e. The van der Waals surface area contributed by atoms with Gasteiger partial charge in [-0.15, -0.1) is 0 Å². The van der Waals surface area contributed by atoms with Gasteiger partial charge in [-0.05, 0) is 0 Å². The number of carbonyl (C=O) groups excluding carboxylic acids is 2. The van der Waals surface area contributed by atoms with Crippen molar-refractivity contribution in [2.45, 2.75) is 19.6 Å². The standard InChI is InChI=1S/C9H15F2NO5/c1-5(4-17-8(10)11)6(7(13)15-2)12-9(14)16-3/h5-6,8H,4H2,1-3H3,(H,12,14). The van der Waals surface area contributed by atoms with Gasteiger partial charge in [-0.3, -0.25) is 0 Å². The van der Waals surface area contributed by atoms with Gasteiger partial charge in [0.25, 0.3) is 0 Å². The van der Waals surface area contributed by atoms with Crippen LogP contribution in [0.4, 0.5) is 13.6 Å². The number of nitrogens with one attached hydrogen (secondary N) is 1. The van der Waals surface area contributed by atoms with Crippen molar-refractivity contribution < 1.29 is 32.6 Å². The molecular weight excluding hydrogens is 240 g/mol. The van der Waals surface area contributed by atoms with E-state index in [4.69, 9.17) is 0 Å². The Bertz CT molecular complexity index is 262. The molecule has 17 heavy (non-hydrogen) atoms. The number of carbonyl (C=O) groups is 2. The summed E-state index contributed by atoms with van der Waals surface area (Å²) in [5.41, 5.74) is 0. The fourth-order valence-corrected chi connectivity index (χ4v) is 1.07. The summed E-state index contributed by atoms with van der Waals surface area (Å²) in [6.07, 6.45) is -0.857. The second-order valence-corrected chi connectivity index (χ2v) is 3.21. The van der Waals surface area contributed by atoms with Crippen molar-refractivity contribution in [2.75, 3.05) is 20.8 Å². The lowest BCUT2D eigenvalue weighted by Gasteiger charge is -2.21. The van der Waals surface area contributed by atoms with Crippen molar-refractivity contribution >= 4 is 12.1 Å². The topological polar surface area (TPSA) is 73.9 Å². The van der Waals surface area contributed by atoms with Gasteiger partial charge in [0.2, 0.25) is 0 Å². The molecule has 0 rings (SSSR count). The van der Waals surface area contributed by atoms with Crippen LogP contribution in [-0.4, -0.2) is 45.5 Å².